The summed E-state index contributed by atoms with van der Waals surface area (Å²) in [5, 5.41) is 18.2. The van der Waals surface area contributed by atoms with Crippen molar-refractivity contribution < 1.29 is 37.7 Å². The van der Waals surface area contributed by atoms with Crippen molar-refractivity contribution >= 4 is 27.7 Å². The third-order valence-electron chi connectivity index (χ3n) is 2.42. The lowest BCUT2D eigenvalue weighted by Gasteiger charge is -2.18. The zero-order valence-corrected chi connectivity index (χ0v) is 12.1. The van der Waals surface area contributed by atoms with Crippen molar-refractivity contribution in [2.24, 2.45) is 0 Å². The van der Waals surface area contributed by atoms with Crippen molar-refractivity contribution in [3.8, 4) is 5.75 Å². The number of carbonyl (C=O) groups excluding carboxylic acids is 1. The summed E-state index contributed by atoms with van der Waals surface area (Å²) in [6, 6.07) is 3.15. The smallest absolute Gasteiger partial charge is 0.479 e. The Bertz CT molecular complexity index is 556. The number of aliphatic hydroxyl groups is 1. The number of rotatable bonds is 5. The number of carbonyl (C=O) groups is 2. The van der Waals surface area contributed by atoms with Gasteiger partial charge in [-0.3, -0.25) is 4.79 Å². The molecule has 0 aliphatic heterocycles. The monoisotopic (exact) mass is 370 g/mol. The first-order valence-corrected chi connectivity index (χ1v) is 6.44. The molecule has 0 amide bonds. The first-order valence-electron chi connectivity index (χ1n) is 5.52. The van der Waals surface area contributed by atoms with Crippen LogP contribution in [-0.4, -0.2) is 33.2 Å². The average Bonchev–Trinajstić information content (AvgIpc) is 2.35. The second-order valence-electron chi connectivity index (χ2n) is 3.99. The van der Waals surface area contributed by atoms with E-state index in [1.165, 1.54) is 6.92 Å². The molecule has 9 heteroatoms. The van der Waals surface area contributed by atoms with Crippen molar-refractivity contribution in [3.63, 3.8) is 0 Å². The summed E-state index contributed by atoms with van der Waals surface area (Å²) in [5.74, 6) is -3.52. The van der Waals surface area contributed by atoms with E-state index in [9.17, 15) is 27.9 Å². The van der Waals surface area contributed by atoms with Gasteiger partial charge in [0.15, 0.2) is 11.9 Å². The second-order valence-corrected chi connectivity index (χ2v) is 5.37. The van der Waals surface area contributed by atoms with Crippen LogP contribution in [0.15, 0.2) is 18.2 Å². The van der Waals surface area contributed by atoms with Crippen LogP contribution in [0.25, 0.3) is 0 Å². The van der Waals surface area contributed by atoms with Crippen LogP contribution >= 0.6 is 15.9 Å². The van der Waals surface area contributed by atoms with Gasteiger partial charge < -0.3 is 14.9 Å². The van der Waals surface area contributed by atoms with Gasteiger partial charge in [0.1, 0.15) is 5.75 Å². The summed E-state index contributed by atoms with van der Waals surface area (Å²) in [4.78, 5) is 21.8. The zero-order valence-electron chi connectivity index (χ0n) is 10.5. The number of Topliss-reactive ketones (excluding diaryl/α,β-unsaturated/α-hetero) is 1. The molecule has 1 aromatic rings. The van der Waals surface area contributed by atoms with Gasteiger partial charge in [0.25, 0.3) is 0 Å². The van der Waals surface area contributed by atoms with Gasteiger partial charge in [-0.05, 0) is 13.0 Å². The molecule has 0 fully saturated rings. The third kappa shape index (κ3) is 4.43. The molecule has 116 valence electrons. The Morgan fingerprint density at radius 3 is 2.33 bits per heavy atom. The third-order valence-corrected chi connectivity index (χ3v) is 2.83. The van der Waals surface area contributed by atoms with Gasteiger partial charge in [-0.25, -0.2) is 4.79 Å². The highest BCUT2D eigenvalue weighted by Crippen LogP contribution is 2.35. The molecule has 0 aliphatic rings. The fraction of sp³-hybridized carbons (Fsp3) is 0.333. The molecule has 2 atom stereocenters. The van der Waals surface area contributed by atoms with E-state index in [1.54, 1.807) is 0 Å². The number of carboxylic acids is 1. The van der Waals surface area contributed by atoms with Crippen LogP contribution in [0.3, 0.4) is 0 Å². The molecule has 0 radical (unpaired) electrons. The van der Waals surface area contributed by atoms with E-state index in [0.717, 1.165) is 18.2 Å². The number of alkyl halides is 4. The highest BCUT2D eigenvalue weighted by Gasteiger charge is 2.36. The second kappa shape index (κ2) is 6.44. The van der Waals surface area contributed by atoms with Crippen LogP contribution in [0.2, 0.25) is 0 Å². The average molecular weight is 371 g/mol. The zero-order chi connectivity index (χ0) is 16.4. The number of carboxylic acid groups (broad SMARTS) is 1. The fourth-order valence-electron chi connectivity index (χ4n) is 1.54. The highest BCUT2D eigenvalue weighted by molar-refractivity contribution is 9.10. The van der Waals surface area contributed by atoms with Gasteiger partial charge in [0.05, 0.1) is 10.4 Å². The van der Waals surface area contributed by atoms with Crippen LogP contribution in [0.1, 0.15) is 28.9 Å². The summed E-state index contributed by atoms with van der Waals surface area (Å²) >= 11 is 2.92. The molecule has 21 heavy (non-hydrogen) atoms. The molecule has 2 N–H and O–H groups in total. The lowest BCUT2D eigenvalue weighted by Crippen LogP contribution is -2.23. The highest BCUT2D eigenvalue weighted by atomic mass is 79.9. The molecule has 2 unspecified atom stereocenters. The Labute approximate surface area is 125 Å². The standard InChI is InChI=1S/C12H10BrF3O5/c1-5(13)8(17)6-3-2-4-7(9(18)11(19)20)10(6)21-12(14,15)16/h2-5,9,18H,1H3,(H,19,20). The van der Waals surface area contributed by atoms with Gasteiger partial charge in [-0.2, -0.15) is 0 Å². The Balaban J connectivity index is 3.48. The SMILES string of the molecule is CC(Br)C(=O)c1cccc(C(O)C(=O)O)c1OC(F)(F)F. The van der Waals surface area contributed by atoms with Gasteiger partial charge in [-0.15, -0.1) is 13.2 Å². The molecule has 0 aliphatic carbocycles. The number of para-hydroxylation sites is 1. The van der Waals surface area contributed by atoms with Crippen LogP contribution < -0.4 is 4.74 Å². The van der Waals surface area contributed by atoms with E-state index in [2.05, 4.69) is 20.7 Å². The maximum Gasteiger partial charge on any atom is 0.573 e. The summed E-state index contributed by atoms with van der Waals surface area (Å²) in [7, 11) is 0. The number of halogens is 4. The maximum atomic E-state index is 12.5. The molecule has 1 rings (SSSR count). The molecular formula is C12H10BrF3O5. The Hall–Kier alpha value is -1.61. The molecule has 0 heterocycles. The number of ether oxygens (including phenoxy) is 1. The quantitative estimate of drug-likeness (QED) is 0.614. The Morgan fingerprint density at radius 2 is 1.90 bits per heavy atom. The minimum atomic E-state index is -5.14. The normalized spacial score (nSPS) is 14.4. The fourth-order valence-corrected chi connectivity index (χ4v) is 1.79. The minimum Gasteiger partial charge on any atom is -0.479 e. The van der Waals surface area contributed by atoms with Crippen LogP contribution in [0, 0.1) is 0 Å². The predicted octanol–water partition coefficient (Wildman–Crippen LogP) is 2.67. The topological polar surface area (TPSA) is 83.8 Å². The summed E-state index contributed by atoms with van der Waals surface area (Å²) < 4.78 is 41.1. The molecule has 0 spiro atoms. The first kappa shape index (κ1) is 17.4. The number of benzene rings is 1. The molecule has 0 saturated heterocycles. The number of ketones is 1. The van der Waals surface area contributed by atoms with E-state index < -0.39 is 45.9 Å². The number of hydrogen-bond donors (Lipinski definition) is 2. The minimum absolute atomic E-state index is 0.477. The van der Waals surface area contributed by atoms with Crippen molar-refractivity contribution in [2.75, 3.05) is 0 Å². The molecule has 0 bridgehead atoms. The van der Waals surface area contributed by atoms with Crippen LogP contribution in [0.4, 0.5) is 13.2 Å². The number of aliphatic hydroxyl groups excluding tert-OH is 1. The predicted molar refractivity (Wildman–Crippen MR) is 68.4 cm³/mol. The van der Waals surface area contributed by atoms with Crippen molar-refractivity contribution in [2.45, 2.75) is 24.2 Å². The summed E-state index contributed by atoms with van der Waals surface area (Å²) in [6.07, 6.45) is -7.39. The summed E-state index contributed by atoms with van der Waals surface area (Å²) in [5.41, 5.74) is -1.13. The lowest BCUT2D eigenvalue weighted by atomic mass is 10.0. The lowest BCUT2D eigenvalue weighted by molar-refractivity contribution is -0.275. The molecule has 0 saturated carbocycles. The first-order chi connectivity index (χ1) is 9.54. The molecular weight excluding hydrogens is 361 g/mol. The van der Waals surface area contributed by atoms with Crippen LogP contribution in [0.5, 0.6) is 5.75 Å². The maximum absolute atomic E-state index is 12.5. The van der Waals surface area contributed by atoms with Crippen LogP contribution in [-0.2, 0) is 4.79 Å². The Morgan fingerprint density at radius 1 is 1.33 bits per heavy atom. The van der Waals surface area contributed by atoms with E-state index in [-0.39, 0.29) is 0 Å². The van der Waals surface area contributed by atoms with E-state index in [1.807, 2.05) is 0 Å². The summed E-state index contributed by atoms with van der Waals surface area (Å²) in [6.45, 7) is 1.39. The van der Waals surface area contributed by atoms with Gasteiger partial charge >= 0.3 is 12.3 Å². The van der Waals surface area contributed by atoms with Crippen molar-refractivity contribution in [3.05, 3.63) is 29.3 Å². The molecule has 1 aromatic carbocycles. The van der Waals surface area contributed by atoms with Gasteiger partial charge in [-0.1, -0.05) is 28.1 Å². The number of aliphatic carboxylic acids is 1. The van der Waals surface area contributed by atoms with Gasteiger partial charge in [0.2, 0.25) is 0 Å². The van der Waals surface area contributed by atoms with Gasteiger partial charge in [0, 0.05) is 5.56 Å². The van der Waals surface area contributed by atoms with Crippen molar-refractivity contribution in [1.82, 2.24) is 0 Å². The molecule has 0 aromatic heterocycles. The van der Waals surface area contributed by atoms with E-state index in [4.69, 9.17) is 5.11 Å². The molecule has 5 nitrogen and oxygen atoms in total. The van der Waals surface area contributed by atoms with E-state index >= 15 is 0 Å². The Kier molecular flexibility index (Phi) is 5.35. The van der Waals surface area contributed by atoms with Crippen molar-refractivity contribution in [1.29, 1.82) is 0 Å². The van der Waals surface area contributed by atoms with E-state index in [0.29, 0.717) is 0 Å². The number of hydrogen-bond acceptors (Lipinski definition) is 4. The largest absolute Gasteiger partial charge is 0.573 e.